The zero-order valence-electron chi connectivity index (χ0n) is 12.4. The Morgan fingerprint density at radius 2 is 1.90 bits per heavy atom. The number of nitrogen functional groups attached to an aromatic ring is 1. The van der Waals surface area contributed by atoms with Crippen LogP contribution in [0.5, 0.6) is 0 Å². The van der Waals surface area contributed by atoms with Gasteiger partial charge in [0.05, 0.1) is 5.69 Å². The first kappa shape index (κ1) is 15.1. The van der Waals surface area contributed by atoms with Gasteiger partial charge in [-0.2, -0.15) is 0 Å². The second-order valence-electron chi connectivity index (χ2n) is 5.24. The first-order valence-electron chi connectivity index (χ1n) is 7.02. The van der Waals surface area contributed by atoms with E-state index in [0.717, 1.165) is 17.7 Å². The maximum atomic E-state index is 12.2. The van der Waals surface area contributed by atoms with Gasteiger partial charge >= 0.3 is 0 Å². The summed E-state index contributed by atoms with van der Waals surface area (Å²) in [5, 5.41) is 3.02. The molecule has 2 aromatic carbocycles. The van der Waals surface area contributed by atoms with Crippen molar-refractivity contribution in [3.8, 4) is 0 Å². The SMILES string of the molecule is Cc1cc(C(=O)NC(C)Cc2ccccc2)ccc1NN. The van der Waals surface area contributed by atoms with E-state index in [0.29, 0.717) is 5.56 Å². The van der Waals surface area contributed by atoms with Gasteiger partial charge in [0, 0.05) is 11.6 Å². The molecule has 1 amide bonds. The van der Waals surface area contributed by atoms with E-state index < -0.39 is 0 Å². The monoisotopic (exact) mass is 283 g/mol. The second-order valence-corrected chi connectivity index (χ2v) is 5.24. The first-order chi connectivity index (χ1) is 10.1. The Bertz CT molecular complexity index is 611. The molecular weight excluding hydrogens is 262 g/mol. The Morgan fingerprint density at radius 3 is 2.52 bits per heavy atom. The van der Waals surface area contributed by atoms with Crippen molar-refractivity contribution >= 4 is 11.6 Å². The Morgan fingerprint density at radius 1 is 1.19 bits per heavy atom. The van der Waals surface area contributed by atoms with Crippen LogP contribution >= 0.6 is 0 Å². The number of benzene rings is 2. The standard InChI is InChI=1S/C17H21N3O/c1-12-10-15(8-9-16(12)20-18)17(21)19-13(2)11-14-6-4-3-5-7-14/h3-10,13,20H,11,18H2,1-2H3,(H,19,21). The van der Waals surface area contributed by atoms with Gasteiger partial charge in [0.1, 0.15) is 0 Å². The number of aryl methyl sites for hydroxylation is 1. The van der Waals surface area contributed by atoms with Crippen molar-refractivity contribution < 1.29 is 4.79 Å². The van der Waals surface area contributed by atoms with E-state index in [-0.39, 0.29) is 11.9 Å². The number of hydrogen-bond donors (Lipinski definition) is 3. The average Bonchev–Trinajstić information content (AvgIpc) is 2.48. The fourth-order valence-corrected chi connectivity index (χ4v) is 2.29. The Kier molecular flexibility index (Phi) is 4.95. The minimum absolute atomic E-state index is 0.0647. The van der Waals surface area contributed by atoms with E-state index in [1.165, 1.54) is 5.56 Å². The highest BCUT2D eigenvalue weighted by molar-refractivity contribution is 5.95. The van der Waals surface area contributed by atoms with E-state index in [4.69, 9.17) is 5.84 Å². The summed E-state index contributed by atoms with van der Waals surface area (Å²) in [5.74, 6) is 5.33. The minimum atomic E-state index is -0.0647. The molecule has 0 radical (unpaired) electrons. The predicted molar refractivity (Wildman–Crippen MR) is 86.1 cm³/mol. The number of nitrogens with two attached hydrogens (primary N) is 1. The third-order valence-electron chi connectivity index (χ3n) is 3.41. The molecule has 0 bridgehead atoms. The van der Waals surface area contributed by atoms with Crippen LogP contribution in [0.2, 0.25) is 0 Å². The first-order valence-corrected chi connectivity index (χ1v) is 7.02. The molecule has 4 N–H and O–H groups in total. The molecule has 0 aliphatic carbocycles. The molecule has 0 fully saturated rings. The fourth-order valence-electron chi connectivity index (χ4n) is 2.29. The van der Waals surface area contributed by atoms with Gasteiger partial charge in [-0.3, -0.25) is 10.6 Å². The van der Waals surface area contributed by atoms with Crippen molar-refractivity contribution in [3.63, 3.8) is 0 Å². The number of rotatable bonds is 5. The van der Waals surface area contributed by atoms with Crippen molar-refractivity contribution in [2.24, 2.45) is 5.84 Å². The predicted octanol–water partition coefficient (Wildman–Crippen LogP) is 2.64. The smallest absolute Gasteiger partial charge is 0.251 e. The summed E-state index contributed by atoms with van der Waals surface area (Å²) in [6.45, 7) is 3.92. The zero-order valence-corrected chi connectivity index (χ0v) is 12.4. The van der Waals surface area contributed by atoms with Crippen molar-refractivity contribution in [3.05, 3.63) is 65.2 Å². The lowest BCUT2D eigenvalue weighted by atomic mass is 10.1. The molecule has 4 heteroatoms. The molecule has 0 aliphatic rings. The third-order valence-corrected chi connectivity index (χ3v) is 3.41. The summed E-state index contributed by atoms with van der Waals surface area (Å²) in [7, 11) is 0. The van der Waals surface area contributed by atoms with Crippen LogP contribution in [0.1, 0.15) is 28.4 Å². The van der Waals surface area contributed by atoms with Gasteiger partial charge in [0.15, 0.2) is 0 Å². The molecule has 0 saturated heterocycles. The zero-order chi connectivity index (χ0) is 15.2. The molecule has 1 atom stereocenters. The minimum Gasteiger partial charge on any atom is -0.349 e. The van der Waals surface area contributed by atoms with Gasteiger partial charge in [0.2, 0.25) is 0 Å². The topological polar surface area (TPSA) is 67.2 Å². The maximum Gasteiger partial charge on any atom is 0.251 e. The normalized spacial score (nSPS) is 11.8. The second kappa shape index (κ2) is 6.90. The highest BCUT2D eigenvalue weighted by Crippen LogP contribution is 2.15. The number of carbonyl (C=O) groups is 1. The fraction of sp³-hybridized carbons (Fsp3) is 0.235. The van der Waals surface area contributed by atoms with Gasteiger partial charge in [-0.05, 0) is 49.6 Å². The molecule has 2 aromatic rings. The van der Waals surface area contributed by atoms with E-state index in [1.54, 1.807) is 6.07 Å². The van der Waals surface area contributed by atoms with Crippen LogP contribution in [0.25, 0.3) is 0 Å². The van der Waals surface area contributed by atoms with E-state index in [2.05, 4.69) is 22.9 Å². The van der Waals surface area contributed by atoms with Crippen LogP contribution < -0.4 is 16.6 Å². The Balaban J connectivity index is 1.99. The Labute approximate surface area is 125 Å². The van der Waals surface area contributed by atoms with Crippen molar-refractivity contribution in [2.75, 3.05) is 5.43 Å². The van der Waals surface area contributed by atoms with Crippen LogP contribution in [0.4, 0.5) is 5.69 Å². The molecule has 0 saturated carbocycles. The molecule has 2 rings (SSSR count). The lowest BCUT2D eigenvalue weighted by Crippen LogP contribution is -2.34. The van der Waals surface area contributed by atoms with Crippen molar-refractivity contribution in [1.29, 1.82) is 0 Å². The van der Waals surface area contributed by atoms with Crippen LogP contribution in [0, 0.1) is 6.92 Å². The number of nitrogens with one attached hydrogen (secondary N) is 2. The highest BCUT2D eigenvalue weighted by atomic mass is 16.1. The third kappa shape index (κ3) is 4.07. The van der Waals surface area contributed by atoms with Gasteiger partial charge in [-0.1, -0.05) is 30.3 Å². The molecule has 1 unspecified atom stereocenters. The maximum absolute atomic E-state index is 12.2. The van der Waals surface area contributed by atoms with E-state index in [1.807, 2.05) is 44.2 Å². The Hall–Kier alpha value is -2.33. The molecule has 21 heavy (non-hydrogen) atoms. The molecule has 0 aromatic heterocycles. The molecule has 4 nitrogen and oxygen atoms in total. The van der Waals surface area contributed by atoms with Crippen LogP contribution in [-0.4, -0.2) is 11.9 Å². The van der Waals surface area contributed by atoms with Gasteiger partial charge in [-0.25, -0.2) is 0 Å². The average molecular weight is 283 g/mol. The number of anilines is 1. The molecule has 0 heterocycles. The summed E-state index contributed by atoms with van der Waals surface area (Å²) in [6.07, 6.45) is 0.813. The lowest BCUT2D eigenvalue weighted by molar-refractivity contribution is 0.0940. The largest absolute Gasteiger partial charge is 0.349 e. The summed E-state index contributed by atoms with van der Waals surface area (Å²) in [6, 6.07) is 15.6. The van der Waals surface area contributed by atoms with Crippen LogP contribution in [-0.2, 0) is 6.42 Å². The van der Waals surface area contributed by atoms with Gasteiger partial charge in [0.25, 0.3) is 5.91 Å². The van der Waals surface area contributed by atoms with Crippen LogP contribution in [0.3, 0.4) is 0 Å². The van der Waals surface area contributed by atoms with Crippen molar-refractivity contribution in [2.45, 2.75) is 26.3 Å². The number of amides is 1. The summed E-state index contributed by atoms with van der Waals surface area (Å²) < 4.78 is 0. The van der Waals surface area contributed by atoms with E-state index >= 15 is 0 Å². The van der Waals surface area contributed by atoms with Crippen LogP contribution in [0.15, 0.2) is 48.5 Å². The molecular formula is C17H21N3O. The highest BCUT2D eigenvalue weighted by Gasteiger charge is 2.11. The molecule has 0 aliphatic heterocycles. The lowest BCUT2D eigenvalue weighted by Gasteiger charge is -2.15. The van der Waals surface area contributed by atoms with Gasteiger partial charge < -0.3 is 10.7 Å². The summed E-state index contributed by atoms with van der Waals surface area (Å²) in [4.78, 5) is 12.2. The molecule has 0 spiro atoms. The van der Waals surface area contributed by atoms with Crippen molar-refractivity contribution in [1.82, 2.24) is 5.32 Å². The number of hydrazine groups is 1. The summed E-state index contributed by atoms with van der Waals surface area (Å²) in [5.41, 5.74) is 6.23. The molecule has 110 valence electrons. The van der Waals surface area contributed by atoms with E-state index in [9.17, 15) is 4.79 Å². The summed E-state index contributed by atoms with van der Waals surface area (Å²) >= 11 is 0. The quantitative estimate of drug-likeness (QED) is 0.584. The number of carbonyl (C=O) groups excluding carboxylic acids is 1. The van der Waals surface area contributed by atoms with Gasteiger partial charge in [-0.15, -0.1) is 0 Å². The number of hydrogen-bond acceptors (Lipinski definition) is 3.